The van der Waals surface area contributed by atoms with Gasteiger partial charge in [0.2, 0.25) is 5.91 Å². The molecular weight excluding hydrogens is 247 g/mol. The van der Waals surface area contributed by atoms with E-state index >= 15 is 0 Å². The van der Waals surface area contributed by atoms with Gasteiger partial charge in [0, 0.05) is 29.7 Å². The fourth-order valence-corrected chi connectivity index (χ4v) is 2.03. The molecule has 0 aliphatic carbocycles. The third-order valence-electron chi connectivity index (χ3n) is 2.68. The van der Waals surface area contributed by atoms with Gasteiger partial charge < -0.3 is 10.6 Å². The summed E-state index contributed by atoms with van der Waals surface area (Å²) in [6.45, 7) is 2.49. The molecule has 0 spiro atoms. The number of benzene rings is 1. The molecule has 1 aromatic rings. The Bertz CT molecular complexity index is 409. The largest absolute Gasteiger partial charge is 0.326 e. The zero-order chi connectivity index (χ0) is 11.0. The quantitative estimate of drug-likeness (QED) is 0.841. The zero-order valence-corrected chi connectivity index (χ0v) is 10.5. The van der Waals surface area contributed by atoms with E-state index in [4.69, 9.17) is 17.3 Å². The second-order valence-corrected chi connectivity index (χ2v) is 4.26. The number of amides is 1. The van der Waals surface area contributed by atoms with Crippen LogP contribution in [-0.2, 0) is 4.79 Å². The molecule has 0 saturated carbocycles. The Morgan fingerprint density at radius 2 is 2.19 bits per heavy atom. The predicted octanol–water partition coefficient (Wildman–Crippen LogP) is 2.13. The van der Waals surface area contributed by atoms with Crippen molar-refractivity contribution < 1.29 is 4.79 Å². The van der Waals surface area contributed by atoms with Gasteiger partial charge in [-0.3, -0.25) is 4.79 Å². The van der Waals surface area contributed by atoms with E-state index in [0.29, 0.717) is 18.0 Å². The van der Waals surface area contributed by atoms with Gasteiger partial charge in [0.25, 0.3) is 0 Å². The van der Waals surface area contributed by atoms with E-state index in [9.17, 15) is 4.79 Å². The molecule has 1 aromatic carbocycles. The van der Waals surface area contributed by atoms with Crippen molar-refractivity contribution in [1.29, 1.82) is 0 Å². The van der Waals surface area contributed by atoms with Crippen LogP contribution < -0.4 is 10.6 Å². The van der Waals surface area contributed by atoms with Crippen LogP contribution in [0.3, 0.4) is 0 Å². The van der Waals surface area contributed by atoms with Gasteiger partial charge in [0.15, 0.2) is 0 Å². The molecule has 1 fully saturated rings. The van der Waals surface area contributed by atoms with Crippen LogP contribution in [0.2, 0.25) is 5.02 Å². The van der Waals surface area contributed by atoms with Gasteiger partial charge in [0.1, 0.15) is 0 Å². The van der Waals surface area contributed by atoms with E-state index in [1.54, 1.807) is 4.90 Å². The molecule has 2 rings (SSSR count). The minimum absolute atomic E-state index is 0. The van der Waals surface area contributed by atoms with Gasteiger partial charge in [-0.15, -0.1) is 12.4 Å². The van der Waals surface area contributed by atoms with Crippen molar-refractivity contribution in [3.05, 3.63) is 28.8 Å². The number of hydrogen-bond acceptors (Lipinski definition) is 2. The van der Waals surface area contributed by atoms with E-state index < -0.39 is 0 Å². The maximum absolute atomic E-state index is 11.7. The number of anilines is 1. The Hall–Kier alpha value is -0.770. The van der Waals surface area contributed by atoms with Crippen LogP contribution in [0.5, 0.6) is 0 Å². The van der Waals surface area contributed by atoms with Crippen LogP contribution in [0.15, 0.2) is 18.2 Å². The summed E-state index contributed by atoms with van der Waals surface area (Å²) in [5.74, 6) is 0.0767. The topological polar surface area (TPSA) is 46.3 Å². The molecule has 1 heterocycles. The Kier molecular flexibility index (Phi) is 4.19. The third-order valence-corrected chi connectivity index (χ3v) is 3.09. The van der Waals surface area contributed by atoms with Crippen molar-refractivity contribution in [1.82, 2.24) is 0 Å². The Morgan fingerprint density at radius 1 is 1.50 bits per heavy atom. The van der Waals surface area contributed by atoms with Crippen molar-refractivity contribution in [3.63, 3.8) is 0 Å². The summed E-state index contributed by atoms with van der Waals surface area (Å²) in [7, 11) is 0. The van der Waals surface area contributed by atoms with E-state index in [-0.39, 0.29) is 24.4 Å². The van der Waals surface area contributed by atoms with Crippen LogP contribution in [-0.4, -0.2) is 18.5 Å². The summed E-state index contributed by atoms with van der Waals surface area (Å²) >= 11 is 6.01. The SMILES string of the molecule is Cc1c(Cl)cccc1N1CC(N)CC1=O.Cl. The summed E-state index contributed by atoms with van der Waals surface area (Å²) in [6, 6.07) is 5.51. The molecule has 1 unspecified atom stereocenters. The third kappa shape index (κ3) is 2.32. The molecule has 2 N–H and O–H groups in total. The Labute approximate surface area is 106 Å². The van der Waals surface area contributed by atoms with Crippen LogP contribution in [0.25, 0.3) is 0 Å². The standard InChI is InChI=1S/C11H13ClN2O.ClH/c1-7-9(12)3-2-4-10(7)14-6-8(13)5-11(14)15;/h2-4,8H,5-6,13H2,1H3;1H. The van der Waals surface area contributed by atoms with Gasteiger partial charge >= 0.3 is 0 Å². The minimum atomic E-state index is -0.0594. The van der Waals surface area contributed by atoms with Gasteiger partial charge in [-0.25, -0.2) is 0 Å². The van der Waals surface area contributed by atoms with Crippen molar-refractivity contribution >= 4 is 35.6 Å². The normalized spacial score (nSPS) is 19.8. The molecule has 16 heavy (non-hydrogen) atoms. The summed E-state index contributed by atoms with van der Waals surface area (Å²) in [4.78, 5) is 13.4. The highest BCUT2D eigenvalue weighted by molar-refractivity contribution is 6.31. The number of hydrogen-bond donors (Lipinski definition) is 1. The average Bonchev–Trinajstić information content (AvgIpc) is 2.50. The van der Waals surface area contributed by atoms with E-state index in [0.717, 1.165) is 11.3 Å². The summed E-state index contributed by atoms with van der Waals surface area (Å²) in [5.41, 5.74) is 7.55. The van der Waals surface area contributed by atoms with E-state index in [1.807, 2.05) is 25.1 Å². The van der Waals surface area contributed by atoms with E-state index in [2.05, 4.69) is 0 Å². The number of rotatable bonds is 1. The summed E-state index contributed by atoms with van der Waals surface area (Å²) in [5, 5.41) is 0.681. The number of nitrogens with two attached hydrogens (primary N) is 1. The highest BCUT2D eigenvalue weighted by Gasteiger charge is 2.29. The van der Waals surface area contributed by atoms with E-state index in [1.165, 1.54) is 0 Å². The molecule has 0 radical (unpaired) electrons. The van der Waals surface area contributed by atoms with Crippen molar-refractivity contribution in [3.8, 4) is 0 Å². The number of nitrogens with zero attached hydrogens (tertiary/aromatic N) is 1. The molecule has 1 aliphatic rings. The van der Waals surface area contributed by atoms with Crippen LogP contribution >= 0.6 is 24.0 Å². The van der Waals surface area contributed by atoms with Gasteiger partial charge in [-0.2, -0.15) is 0 Å². The maximum Gasteiger partial charge on any atom is 0.228 e. The second kappa shape index (κ2) is 5.04. The van der Waals surface area contributed by atoms with Crippen molar-refractivity contribution in [2.45, 2.75) is 19.4 Å². The molecule has 5 heteroatoms. The lowest BCUT2D eigenvalue weighted by atomic mass is 10.2. The first-order chi connectivity index (χ1) is 7.09. The monoisotopic (exact) mass is 260 g/mol. The Balaban J connectivity index is 0.00000128. The van der Waals surface area contributed by atoms with Gasteiger partial charge in [0.05, 0.1) is 0 Å². The highest BCUT2D eigenvalue weighted by Crippen LogP contribution is 2.29. The van der Waals surface area contributed by atoms with Gasteiger partial charge in [-0.05, 0) is 24.6 Å². The molecule has 1 atom stereocenters. The lowest BCUT2D eigenvalue weighted by molar-refractivity contribution is -0.117. The number of halogens is 2. The lowest BCUT2D eigenvalue weighted by Gasteiger charge is -2.19. The molecule has 0 bridgehead atoms. The highest BCUT2D eigenvalue weighted by atomic mass is 35.5. The smallest absolute Gasteiger partial charge is 0.228 e. The van der Waals surface area contributed by atoms with Gasteiger partial charge in [-0.1, -0.05) is 17.7 Å². The second-order valence-electron chi connectivity index (χ2n) is 3.85. The molecule has 0 aromatic heterocycles. The average molecular weight is 261 g/mol. The number of carbonyl (C=O) groups excluding carboxylic acids is 1. The lowest BCUT2D eigenvalue weighted by Crippen LogP contribution is -2.28. The molecule has 88 valence electrons. The van der Waals surface area contributed by atoms with Crippen molar-refractivity contribution in [2.75, 3.05) is 11.4 Å². The zero-order valence-electron chi connectivity index (χ0n) is 8.94. The maximum atomic E-state index is 11.7. The predicted molar refractivity (Wildman–Crippen MR) is 68.4 cm³/mol. The first kappa shape index (κ1) is 13.3. The first-order valence-electron chi connectivity index (χ1n) is 4.90. The van der Waals surface area contributed by atoms with Crippen LogP contribution in [0.4, 0.5) is 5.69 Å². The molecule has 1 saturated heterocycles. The number of carbonyl (C=O) groups is 1. The fraction of sp³-hybridized carbons (Fsp3) is 0.364. The Morgan fingerprint density at radius 3 is 2.75 bits per heavy atom. The summed E-state index contributed by atoms with van der Waals surface area (Å²) in [6.07, 6.45) is 0.423. The molecule has 1 aliphatic heterocycles. The van der Waals surface area contributed by atoms with Crippen LogP contribution in [0, 0.1) is 6.92 Å². The molecule has 3 nitrogen and oxygen atoms in total. The summed E-state index contributed by atoms with van der Waals surface area (Å²) < 4.78 is 0. The van der Waals surface area contributed by atoms with Crippen molar-refractivity contribution in [2.24, 2.45) is 5.73 Å². The van der Waals surface area contributed by atoms with Crippen LogP contribution in [0.1, 0.15) is 12.0 Å². The fourth-order valence-electron chi connectivity index (χ4n) is 1.86. The first-order valence-corrected chi connectivity index (χ1v) is 5.28. The minimum Gasteiger partial charge on any atom is -0.326 e. The molecular formula is C11H14Cl2N2O. The molecule has 1 amide bonds.